The van der Waals surface area contributed by atoms with Crippen molar-refractivity contribution in [2.45, 2.75) is 57.1 Å². The van der Waals surface area contributed by atoms with E-state index in [0.29, 0.717) is 23.6 Å². The molecule has 10 heteroatoms. The Kier molecular flexibility index (Phi) is 5.14. The molecule has 1 aromatic heterocycles. The fourth-order valence-electron chi connectivity index (χ4n) is 4.11. The topological polar surface area (TPSA) is 118 Å². The van der Waals surface area contributed by atoms with E-state index >= 15 is 0 Å². The third kappa shape index (κ3) is 3.61. The molecule has 30 heavy (non-hydrogen) atoms. The second-order valence-corrected chi connectivity index (χ2v) is 10.5. The number of fused-ring (bicyclic) bond motifs is 2. The van der Waals surface area contributed by atoms with Crippen molar-refractivity contribution < 1.29 is 27.5 Å². The van der Waals surface area contributed by atoms with Gasteiger partial charge >= 0.3 is 6.03 Å². The molecular weight excluding hydrogens is 476 g/mol. The van der Waals surface area contributed by atoms with Gasteiger partial charge in [-0.15, -0.1) is 0 Å². The van der Waals surface area contributed by atoms with Gasteiger partial charge in [0.15, 0.2) is 0 Å². The lowest BCUT2D eigenvalue weighted by Gasteiger charge is -2.17. The first-order valence-electron chi connectivity index (χ1n) is 9.65. The van der Waals surface area contributed by atoms with Crippen LogP contribution in [0.25, 0.3) is 0 Å². The highest BCUT2D eigenvalue weighted by atomic mass is 79.9. The van der Waals surface area contributed by atoms with Gasteiger partial charge in [-0.1, -0.05) is 15.9 Å². The van der Waals surface area contributed by atoms with Crippen LogP contribution in [0.1, 0.15) is 48.3 Å². The minimum Gasteiger partial charge on any atom is -0.491 e. The van der Waals surface area contributed by atoms with Crippen LogP contribution in [-0.4, -0.2) is 26.2 Å². The highest BCUT2D eigenvalue weighted by Crippen LogP contribution is 2.47. The molecule has 2 aliphatic rings. The number of furan rings is 1. The predicted molar refractivity (Wildman–Crippen MR) is 113 cm³/mol. The second-order valence-electron chi connectivity index (χ2n) is 8.06. The first kappa shape index (κ1) is 21.2. The van der Waals surface area contributed by atoms with Crippen LogP contribution in [0.3, 0.4) is 0 Å². The molecule has 0 saturated carbocycles. The number of amides is 2. The van der Waals surface area contributed by atoms with Gasteiger partial charge in [0.2, 0.25) is 5.09 Å². The van der Waals surface area contributed by atoms with Gasteiger partial charge in [-0.3, -0.25) is 0 Å². The van der Waals surface area contributed by atoms with E-state index in [4.69, 9.17) is 9.15 Å². The van der Waals surface area contributed by atoms with Crippen LogP contribution < -0.4 is 14.8 Å². The van der Waals surface area contributed by atoms with E-state index in [1.807, 2.05) is 4.72 Å². The lowest BCUT2D eigenvalue weighted by molar-refractivity contribution is 0.0769. The molecular formula is C20H23BrN2O6S. The number of carbonyl (C=O) groups excluding carboxylic acids is 1. The number of nitrogens with one attached hydrogen (secondary N) is 2. The van der Waals surface area contributed by atoms with Gasteiger partial charge < -0.3 is 19.6 Å². The number of ether oxygens (including phenoxy) is 1. The lowest BCUT2D eigenvalue weighted by Crippen LogP contribution is -2.34. The summed E-state index contributed by atoms with van der Waals surface area (Å²) < 4.78 is 39.4. The maximum atomic E-state index is 12.7. The van der Waals surface area contributed by atoms with E-state index in [-0.39, 0.29) is 5.76 Å². The fourth-order valence-corrected chi connectivity index (χ4v) is 5.83. The molecule has 0 saturated heterocycles. The zero-order valence-electron chi connectivity index (χ0n) is 16.9. The third-order valence-corrected chi connectivity index (χ3v) is 7.58. The van der Waals surface area contributed by atoms with Gasteiger partial charge in [-0.05, 0) is 51.2 Å². The van der Waals surface area contributed by atoms with Crippen molar-refractivity contribution in [1.82, 2.24) is 4.72 Å². The van der Waals surface area contributed by atoms with Crippen LogP contribution in [0.5, 0.6) is 5.75 Å². The first-order valence-corrected chi connectivity index (χ1v) is 11.9. The maximum Gasteiger partial charge on any atom is 0.333 e. The van der Waals surface area contributed by atoms with E-state index in [1.54, 1.807) is 6.92 Å². The maximum absolute atomic E-state index is 12.7. The van der Waals surface area contributed by atoms with Gasteiger partial charge in [0.05, 0.1) is 17.9 Å². The highest BCUT2D eigenvalue weighted by Gasteiger charge is 2.32. The third-order valence-electron chi connectivity index (χ3n) is 5.43. The molecule has 0 spiro atoms. The van der Waals surface area contributed by atoms with E-state index < -0.39 is 26.7 Å². The van der Waals surface area contributed by atoms with Crippen LogP contribution in [-0.2, 0) is 34.9 Å². The normalized spacial score (nSPS) is 15.5. The minimum absolute atomic E-state index is 0.264. The fraction of sp³-hybridized carbons (Fsp3) is 0.450. The monoisotopic (exact) mass is 498 g/mol. The first-order chi connectivity index (χ1) is 14.0. The molecule has 0 atom stereocenters. The summed E-state index contributed by atoms with van der Waals surface area (Å²) in [6.45, 7) is 5.11. The molecule has 0 bridgehead atoms. The van der Waals surface area contributed by atoms with E-state index in [2.05, 4.69) is 21.2 Å². The van der Waals surface area contributed by atoms with Crippen LogP contribution in [0.2, 0.25) is 0 Å². The minimum atomic E-state index is -4.27. The molecule has 2 amide bonds. The smallest absolute Gasteiger partial charge is 0.333 e. The molecule has 0 unspecified atom stereocenters. The van der Waals surface area contributed by atoms with E-state index in [9.17, 15) is 18.3 Å². The van der Waals surface area contributed by atoms with Crippen molar-refractivity contribution in [3.05, 3.63) is 38.6 Å². The van der Waals surface area contributed by atoms with Crippen molar-refractivity contribution in [3.63, 3.8) is 0 Å². The Balaban J connectivity index is 1.61. The van der Waals surface area contributed by atoms with Crippen LogP contribution in [0.15, 0.2) is 20.0 Å². The molecule has 2 aromatic rings. The summed E-state index contributed by atoms with van der Waals surface area (Å²) in [6, 6.07) is 0.325. The number of sulfonamides is 1. The Bertz CT molecular complexity index is 1110. The average molecular weight is 499 g/mol. The van der Waals surface area contributed by atoms with Crippen LogP contribution in [0.4, 0.5) is 10.5 Å². The van der Waals surface area contributed by atoms with E-state index in [1.165, 1.54) is 19.9 Å². The molecule has 1 aliphatic heterocycles. The van der Waals surface area contributed by atoms with Gasteiger partial charge in [-0.2, -0.15) is 8.42 Å². The number of benzene rings is 1. The standard InChI is InChI=1S/C20H23BrN2O6S/c1-10-14(20(2,3)25)9-15(29-10)30(26,27)23-19(24)22-17-12-6-4-5-11(12)16(21)13-7-8-28-18(13)17/h9,25H,4-8H2,1-3H3,(H2,22,23,24). The molecule has 0 radical (unpaired) electrons. The van der Waals surface area contributed by atoms with E-state index in [0.717, 1.165) is 46.8 Å². The molecule has 3 N–H and O–H groups in total. The van der Waals surface area contributed by atoms with Gasteiger partial charge in [0.1, 0.15) is 11.5 Å². The largest absolute Gasteiger partial charge is 0.491 e. The van der Waals surface area contributed by atoms with Crippen molar-refractivity contribution in [1.29, 1.82) is 0 Å². The molecule has 162 valence electrons. The number of halogens is 1. The average Bonchev–Trinajstić information content (AvgIpc) is 3.36. The summed E-state index contributed by atoms with van der Waals surface area (Å²) in [4.78, 5) is 12.6. The van der Waals surface area contributed by atoms with Crippen molar-refractivity contribution in [2.75, 3.05) is 11.9 Å². The summed E-state index contributed by atoms with van der Waals surface area (Å²) in [5.74, 6) is 0.855. The number of urea groups is 1. The number of aliphatic hydroxyl groups is 1. The Morgan fingerprint density at radius 2 is 1.90 bits per heavy atom. The van der Waals surface area contributed by atoms with Gasteiger partial charge in [-0.25, -0.2) is 9.52 Å². The zero-order chi connectivity index (χ0) is 21.8. The number of anilines is 1. The summed E-state index contributed by atoms with van der Waals surface area (Å²) in [6.07, 6.45) is 3.35. The molecule has 1 aromatic carbocycles. The van der Waals surface area contributed by atoms with Crippen LogP contribution in [0, 0.1) is 6.92 Å². The quantitative estimate of drug-likeness (QED) is 0.593. The van der Waals surface area contributed by atoms with Crippen molar-refractivity contribution >= 4 is 37.7 Å². The molecule has 1 aliphatic carbocycles. The van der Waals surface area contributed by atoms with Gasteiger partial charge in [0.25, 0.3) is 10.0 Å². The number of hydrogen-bond acceptors (Lipinski definition) is 6. The summed E-state index contributed by atoms with van der Waals surface area (Å²) in [7, 11) is -4.27. The number of carbonyl (C=O) groups is 1. The van der Waals surface area contributed by atoms with Crippen LogP contribution >= 0.6 is 15.9 Å². The summed E-state index contributed by atoms with van der Waals surface area (Å²) in [5.41, 5.74) is 2.67. The Morgan fingerprint density at radius 3 is 2.57 bits per heavy atom. The predicted octanol–water partition coefficient (Wildman–Crippen LogP) is 3.51. The number of rotatable bonds is 4. The summed E-state index contributed by atoms with van der Waals surface area (Å²) in [5, 5.41) is 12.4. The Hall–Kier alpha value is -2.04. The van der Waals surface area contributed by atoms with Crippen molar-refractivity contribution in [3.8, 4) is 5.75 Å². The van der Waals surface area contributed by atoms with Crippen molar-refractivity contribution in [2.24, 2.45) is 0 Å². The highest BCUT2D eigenvalue weighted by molar-refractivity contribution is 9.10. The molecule has 8 nitrogen and oxygen atoms in total. The zero-order valence-corrected chi connectivity index (χ0v) is 19.3. The molecule has 0 fully saturated rings. The number of hydrogen-bond donors (Lipinski definition) is 3. The summed E-state index contributed by atoms with van der Waals surface area (Å²) >= 11 is 3.65. The molecule has 4 rings (SSSR count). The van der Waals surface area contributed by atoms with Gasteiger partial charge in [0, 0.05) is 28.1 Å². The lowest BCUT2D eigenvalue weighted by atomic mass is 10.00. The Labute approximate surface area is 183 Å². The Morgan fingerprint density at radius 1 is 1.20 bits per heavy atom. The second kappa shape index (κ2) is 7.28. The molecule has 2 heterocycles. The SMILES string of the molecule is Cc1oc(S(=O)(=O)NC(=O)Nc2c3c(c(Br)c4c2OCC4)CCC3)cc1C(C)(C)O. The number of aryl methyl sites for hydroxylation is 1.